The lowest BCUT2D eigenvalue weighted by atomic mass is 10.0. The number of likely N-dealkylation sites (N-methyl/N-ethyl adjacent to an activating group) is 1. The van der Waals surface area contributed by atoms with Gasteiger partial charge in [-0.3, -0.25) is 19.3 Å². The van der Waals surface area contributed by atoms with Crippen molar-refractivity contribution in [3.05, 3.63) is 119 Å². The zero-order chi connectivity index (χ0) is 31.0. The third kappa shape index (κ3) is 15.7. The van der Waals surface area contributed by atoms with Crippen LogP contribution in [0.3, 0.4) is 0 Å². The van der Waals surface area contributed by atoms with E-state index in [9.17, 15) is 14.4 Å². The molecule has 0 aliphatic carbocycles. The molecule has 0 aromatic heterocycles. The van der Waals surface area contributed by atoms with E-state index in [0.717, 1.165) is 27.3 Å². The van der Waals surface area contributed by atoms with Crippen molar-refractivity contribution in [1.29, 1.82) is 0 Å². The number of amides is 2. The van der Waals surface area contributed by atoms with E-state index in [1.54, 1.807) is 43.4 Å². The molecule has 41 heavy (non-hydrogen) atoms. The maximum Gasteiger partial charge on any atom is 0.317 e. The topological polar surface area (TPSA) is 86.7 Å². The molecule has 0 aliphatic rings. The first-order valence-electron chi connectivity index (χ1n) is 13.1. The minimum atomic E-state index is -0.822. The van der Waals surface area contributed by atoms with Crippen molar-refractivity contribution in [2.75, 3.05) is 25.6 Å². The third-order valence-electron chi connectivity index (χ3n) is 5.17. The fourth-order valence-electron chi connectivity index (χ4n) is 3.12. The van der Waals surface area contributed by atoms with Gasteiger partial charge in [0.05, 0.1) is 13.1 Å². The molecule has 3 rings (SSSR count). The number of hydrogen-bond donors (Lipinski definition) is 2. The van der Waals surface area contributed by atoms with Gasteiger partial charge in [-0.2, -0.15) is 11.8 Å². The molecule has 8 heteroatoms. The zero-order valence-electron chi connectivity index (χ0n) is 24.5. The van der Waals surface area contributed by atoms with Gasteiger partial charge in [0, 0.05) is 16.3 Å². The summed E-state index contributed by atoms with van der Waals surface area (Å²) in [5.74, 6) is -0.0675. The summed E-state index contributed by atoms with van der Waals surface area (Å²) in [5, 5.41) is 10.9. The molecule has 0 unspecified atom stereocenters. The highest BCUT2D eigenvalue weighted by Gasteiger charge is 2.15. The quantitative estimate of drug-likeness (QED) is 0.185. The van der Waals surface area contributed by atoms with Crippen LogP contribution in [0.25, 0.3) is 11.1 Å². The lowest BCUT2D eigenvalue weighted by Gasteiger charge is -2.16. The zero-order valence-corrected chi connectivity index (χ0v) is 26.0. The van der Waals surface area contributed by atoms with Crippen molar-refractivity contribution in [3.8, 4) is 11.1 Å². The molecule has 0 aliphatic heterocycles. The number of carboxylic acids is 1. The van der Waals surface area contributed by atoms with Crippen LogP contribution < -0.4 is 5.32 Å². The van der Waals surface area contributed by atoms with Gasteiger partial charge in [0.25, 0.3) is 5.91 Å². The SMILES string of the molecule is C=C/C(=C\C)CSC.CC.CNCC(=O)O.O=CN(Cc1ccc(Cl)cc1)C(=O)c1ccc(-c2ccccc2)cc1. The number of carboxylic acid groups (broad SMARTS) is 1. The van der Waals surface area contributed by atoms with Crippen LogP contribution in [-0.2, 0) is 16.1 Å². The fourth-order valence-corrected chi connectivity index (χ4v) is 3.87. The average Bonchev–Trinajstić information content (AvgIpc) is 3.01. The minimum Gasteiger partial charge on any atom is -0.480 e. The summed E-state index contributed by atoms with van der Waals surface area (Å²) in [4.78, 5) is 34.6. The Balaban J connectivity index is 0.000000827. The number of thioether (sulfide) groups is 1. The Bertz CT molecular complexity index is 1200. The first kappa shape index (κ1) is 37.4. The van der Waals surface area contributed by atoms with Crippen LogP contribution >= 0.6 is 23.4 Å². The fraction of sp³-hybridized carbons (Fsp3) is 0.242. The molecule has 6 nitrogen and oxygen atoms in total. The number of carbonyl (C=O) groups excluding carboxylic acids is 2. The highest BCUT2D eigenvalue weighted by molar-refractivity contribution is 7.98. The standard InChI is InChI=1S/C21H16ClNO2.C7H12S.C3H7NO2.C2H6/c22-20-12-6-16(7-13-20)14-23(15-24)21(25)19-10-8-18(9-11-19)17-4-2-1-3-5-17;1-4-7(5-2)6-8-3;1-4-2-3(5)6;1-2/h1-13,15H,14H2;4-5H,1,6H2,2-3H3;4H,2H2,1H3,(H,5,6);1-2H3/b;7-5+;;. The Hall–Kier alpha value is -3.65. The van der Waals surface area contributed by atoms with Gasteiger partial charge in [-0.15, -0.1) is 0 Å². The van der Waals surface area contributed by atoms with Crippen molar-refractivity contribution in [3.63, 3.8) is 0 Å². The molecule has 0 bridgehead atoms. The van der Waals surface area contributed by atoms with Gasteiger partial charge in [-0.25, -0.2) is 0 Å². The molecule has 3 aromatic rings. The van der Waals surface area contributed by atoms with Crippen LogP contribution in [0.15, 0.2) is 103 Å². The third-order valence-corrected chi connectivity index (χ3v) is 6.04. The summed E-state index contributed by atoms with van der Waals surface area (Å²) in [5.41, 5.74) is 4.73. The number of nitrogens with one attached hydrogen (secondary N) is 1. The van der Waals surface area contributed by atoms with Crippen LogP contribution in [0.2, 0.25) is 5.02 Å². The molecule has 0 radical (unpaired) electrons. The highest BCUT2D eigenvalue weighted by Crippen LogP contribution is 2.20. The number of nitrogens with zero attached hydrogens (tertiary/aromatic N) is 1. The number of carbonyl (C=O) groups is 3. The number of allylic oxidation sites excluding steroid dienone is 2. The van der Waals surface area contributed by atoms with E-state index in [2.05, 4.69) is 24.2 Å². The molecule has 0 atom stereocenters. The van der Waals surface area contributed by atoms with E-state index in [4.69, 9.17) is 16.7 Å². The summed E-state index contributed by atoms with van der Waals surface area (Å²) in [7, 11) is 1.59. The van der Waals surface area contributed by atoms with Gasteiger partial charge in [0.2, 0.25) is 6.41 Å². The van der Waals surface area contributed by atoms with Gasteiger partial charge in [-0.05, 0) is 66.8 Å². The van der Waals surface area contributed by atoms with Crippen LogP contribution in [0, 0.1) is 0 Å². The highest BCUT2D eigenvalue weighted by atomic mass is 35.5. The van der Waals surface area contributed by atoms with E-state index >= 15 is 0 Å². The molecule has 0 heterocycles. The van der Waals surface area contributed by atoms with Gasteiger partial charge in [-0.1, -0.05) is 98.8 Å². The van der Waals surface area contributed by atoms with Crippen molar-refractivity contribution < 1.29 is 19.5 Å². The normalized spacial score (nSPS) is 9.85. The second-order valence-electron chi connectivity index (χ2n) is 8.03. The largest absolute Gasteiger partial charge is 0.480 e. The molecular formula is C33H41ClN2O4S. The van der Waals surface area contributed by atoms with Gasteiger partial charge < -0.3 is 10.4 Å². The van der Waals surface area contributed by atoms with E-state index in [0.29, 0.717) is 17.0 Å². The van der Waals surface area contributed by atoms with E-state index in [-0.39, 0.29) is 19.0 Å². The minimum absolute atomic E-state index is 0.0417. The molecule has 0 saturated carbocycles. The summed E-state index contributed by atoms with van der Waals surface area (Å²) in [6, 6.07) is 24.2. The summed E-state index contributed by atoms with van der Waals surface area (Å²) < 4.78 is 0. The number of rotatable bonds is 10. The first-order chi connectivity index (χ1) is 19.8. The lowest BCUT2D eigenvalue weighted by molar-refractivity contribution is -0.135. The van der Waals surface area contributed by atoms with Crippen molar-refractivity contribution in [2.24, 2.45) is 0 Å². The number of aliphatic carboxylic acids is 1. The summed E-state index contributed by atoms with van der Waals surface area (Å²) in [6.07, 6.45) is 6.63. The maximum atomic E-state index is 12.6. The first-order valence-corrected chi connectivity index (χ1v) is 14.9. The van der Waals surface area contributed by atoms with Crippen molar-refractivity contribution in [1.82, 2.24) is 10.2 Å². The van der Waals surface area contributed by atoms with Crippen LogP contribution in [0.5, 0.6) is 0 Å². The summed E-state index contributed by atoms with van der Waals surface area (Å²) in [6.45, 7) is 9.95. The van der Waals surface area contributed by atoms with Gasteiger partial charge in [0.15, 0.2) is 0 Å². The Morgan fingerprint density at radius 1 is 0.976 bits per heavy atom. The average molecular weight is 597 g/mol. The number of hydrogen-bond acceptors (Lipinski definition) is 5. The predicted molar refractivity (Wildman–Crippen MR) is 175 cm³/mol. The second kappa shape index (κ2) is 23.1. The Labute approximate surface area is 254 Å². The van der Waals surface area contributed by atoms with E-state index in [1.165, 1.54) is 5.57 Å². The Kier molecular flexibility index (Phi) is 21.0. The molecular weight excluding hydrogens is 556 g/mol. The Morgan fingerprint density at radius 3 is 1.93 bits per heavy atom. The van der Waals surface area contributed by atoms with Crippen molar-refractivity contribution >= 4 is 41.6 Å². The van der Waals surface area contributed by atoms with Crippen LogP contribution in [0.1, 0.15) is 36.7 Å². The monoisotopic (exact) mass is 596 g/mol. The number of halogens is 1. The molecule has 0 spiro atoms. The number of benzene rings is 3. The smallest absolute Gasteiger partial charge is 0.317 e. The van der Waals surface area contributed by atoms with E-state index in [1.807, 2.05) is 81.1 Å². The molecule has 220 valence electrons. The molecule has 3 aromatic carbocycles. The molecule has 0 fully saturated rings. The predicted octanol–water partition coefficient (Wildman–Crippen LogP) is 7.60. The maximum absolute atomic E-state index is 12.6. The second-order valence-corrected chi connectivity index (χ2v) is 9.34. The van der Waals surface area contributed by atoms with E-state index < -0.39 is 5.97 Å². The summed E-state index contributed by atoms with van der Waals surface area (Å²) >= 11 is 7.68. The van der Waals surface area contributed by atoms with Gasteiger partial charge in [0.1, 0.15) is 0 Å². The molecule has 2 N–H and O–H groups in total. The van der Waals surface area contributed by atoms with Gasteiger partial charge >= 0.3 is 5.97 Å². The molecule has 2 amide bonds. The molecule has 0 saturated heterocycles. The Morgan fingerprint density at radius 2 is 1.54 bits per heavy atom. The van der Waals surface area contributed by atoms with Crippen molar-refractivity contribution in [2.45, 2.75) is 27.3 Å². The number of imide groups is 1. The lowest BCUT2D eigenvalue weighted by Crippen LogP contribution is -2.29. The van der Waals surface area contributed by atoms with Crippen LogP contribution in [0.4, 0.5) is 0 Å². The van der Waals surface area contributed by atoms with Crippen LogP contribution in [-0.4, -0.2) is 53.9 Å².